The van der Waals surface area contributed by atoms with E-state index in [-0.39, 0.29) is 0 Å². The molecule has 2 rings (SSSR count). The van der Waals surface area contributed by atoms with Crippen molar-refractivity contribution in [3.8, 4) is 5.75 Å². The number of hydrogen-bond donors (Lipinski definition) is 1. The highest BCUT2D eigenvalue weighted by atomic mass is 16.5. The highest BCUT2D eigenvalue weighted by Gasteiger charge is 2.15. The van der Waals surface area contributed by atoms with Crippen LogP contribution < -0.4 is 15.0 Å². The van der Waals surface area contributed by atoms with E-state index in [1.165, 1.54) is 0 Å². The van der Waals surface area contributed by atoms with Crippen molar-refractivity contribution in [3.05, 3.63) is 23.1 Å². The van der Waals surface area contributed by atoms with E-state index >= 15 is 0 Å². The van der Waals surface area contributed by atoms with Gasteiger partial charge in [-0.3, -0.25) is 0 Å². The second-order valence-electron chi connectivity index (χ2n) is 3.68. The molecule has 0 unspecified atom stereocenters. The second-order valence-corrected chi connectivity index (χ2v) is 3.68. The van der Waals surface area contributed by atoms with Crippen molar-refractivity contribution in [2.24, 2.45) is 5.18 Å². The summed E-state index contributed by atoms with van der Waals surface area (Å²) in [5.41, 5.74) is 1.38. The summed E-state index contributed by atoms with van der Waals surface area (Å²) in [5, 5.41) is 6.24. The molecule has 0 amide bonds. The number of nitrogens with one attached hydrogen (secondary N) is 1. The molecule has 1 aliphatic rings. The van der Waals surface area contributed by atoms with Gasteiger partial charge in [-0.2, -0.15) is 0 Å². The van der Waals surface area contributed by atoms with Gasteiger partial charge < -0.3 is 15.0 Å². The summed E-state index contributed by atoms with van der Waals surface area (Å²) in [6.07, 6.45) is 0. The Morgan fingerprint density at radius 1 is 1.38 bits per heavy atom. The molecule has 5 nitrogen and oxygen atoms in total. The van der Waals surface area contributed by atoms with Crippen LogP contribution in [0.3, 0.4) is 0 Å². The molecule has 1 aliphatic heterocycles. The maximum absolute atomic E-state index is 10.5. The molecule has 0 bridgehead atoms. The van der Waals surface area contributed by atoms with Gasteiger partial charge in [-0.15, -0.1) is 4.91 Å². The molecule has 1 fully saturated rings. The first-order valence-corrected chi connectivity index (χ1v) is 5.32. The number of ether oxygens (including phenoxy) is 1. The molecule has 1 heterocycles. The molecule has 1 aromatic rings. The fraction of sp³-hybridized carbons (Fsp3) is 0.455. The number of nitroso groups, excluding NO2 is 1. The van der Waals surface area contributed by atoms with Gasteiger partial charge >= 0.3 is 0 Å². The molecule has 0 aliphatic carbocycles. The Kier molecular flexibility index (Phi) is 3.36. The number of rotatable bonds is 3. The fourth-order valence-corrected chi connectivity index (χ4v) is 1.89. The van der Waals surface area contributed by atoms with E-state index in [0.717, 1.165) is 37.6 Å². The maximum atomic E-state index is 10.5. The van der Waals surface area contributed by atoms with Gasteiger partial charge in [-0.1, -0.05) is 0 Å². The molecular formula is C11H15N3O2. The summed E-state index contributed by atoms with van der Waals surface area (Å²) < 4.78 is 5.29. The average molecular weight is 221 g/mol. The monoisotopic (exact) mass is 221 g/mol. The Balaban J connectivity index is 2.31. The van der Waals surface area contributed by atoms with E-state index in [4.69, 9.17) is 4.74 Å². The minimum atomic E-state index is 0.439. The third-order valence-corrected chi connectivity index (χ3v) is 2.73. The van der Waals surface area contributed by atoms with Gasteiger partial charge in [-0.25, -0.2) is 0 Å². The quantitative estimate of drug-likeness (QED) is 0.786. The van der Waals surface area contributed by atoms with E-state index < -0.39 is 0 Å². The summed E-state index contributed by atoms with van der Waals surface area (Å²) in [4.78, 5) is 12.7. The van der Waals surface area contributed by atoms with Gasteiger partial charge in [0.15, 0.2) is 0 Å². The van der Waals surface area contributed by atoms with Gasteiger partial charge in [0.25, 0.3) is 0 Å². The molecule has 1 N–H and O–H groups in total. The third-order valence-electron chi connectivity index (χ3n) is 2.73. The van der Waals surface area contributed by atoms with E-state index in [1.807, 2.05) is 0 Å². The van der Waals surface area contributed by atoms with Gasteiger partial charge in [-0.05, 0) is 23.4 Å². The Morgan fingerprint density at radius 3 is 2.75 bits per heavy atom. The van der Waals surface area contributed by atoms with Gasteiger partial charge in [0, 0.05) is 26.2 Å². The number of hydrogen-bond acceptors (Lipinski definition) is 5. The van der Waals surface area contributed by atoms with Crippen LogP contribution in [-0.4, -0.2) is 33.3 Å². The standard InChI is InChI=1S/C11H15N3O2/c1-16-11-3-2-9(13-15)8-10(11)14-6-4-12-5-7-14/h2-3,8,12H,4-7H2,1H3. The van der Waals surface area contributed by atoms with Crippen LogP contribution in [-0.2, 0) is 0 Å². The Bertz CT molecular complexity index is 375. The van der Waals surface area contributed by atoms with Crippen LogP contribution in [0.15, 0.2) is 23.4 Å². The smallest absolute Gasteiger partial charge is 0.142 e. The molecule has 0 saturated carbocycles. The van der Waals surface area contributed by atoms with Crippen molar-refractivity contribution in [1.82, 2.24) is 5.32 Å². The van der Waals surface area contributed by atoms with Crippen molar-refractivity contribution in [2.75, 3.05) is 38.2 Å². The second kappa shape index (κ2) is 4.94. The van der Waals surface area contributed by atoms with Crippen LogP contribution in [0.4, 0.5) is 11.4 Å². The normalized spacial score (nSPS) is 15.9. The first-order valence-electron chi connectivity index (χ1n) is 5.32. The lowest BCUT2D eigenvalue weighted by Crippen LogP contribution is -2.43. The van der Waals surface area contributed by atoms with Crippen LogP contribution in [0, 0.1) is 4.91 Å². The molecule has 86 valence electrons. The SMILES string of the molecule is COc1ccc(N=O)cc1N1CCNCC1. The predicted octanol–water partition coefficient (Wildman–Crippen LogP) is 1.50. The van der Waals surface area contributed by atoms with E-state index in [1.54, 1.807) is 25.3 Å². The Labute approximate surface area is 94.4 Å². The van der Waals surface area contributed by atoms with E-state index in [2.05, 4.69) is 15.4 Å². The molecule has 5 heteroatoms. The van der Waals surface area contributed by atoms with Crippen LogP contribution >= 0.6 is 0 Å². The van der Waals surface area contributed by atoms with Gasteiger partial charge in [0.05, 0.1) is 12.8 Å². The van der Waals surface area contributed by atoms with E-state index in [9.17, 15) is 4.91 Å². The predicted molar refractivity (Wildman–Crippen MR) is 63.5 cm³/mol. The zero-order valence-electron chi connectivity index (χ0n) is 9.27. The topological polar surface area (TPSA) is 53.9 Å². The number of anilines is 1. The van der Waals surface area contributed by atoms with Gasteiger partial charge in [0.2, 0.25) is 0 Å². The Hall–Kier alpha value is -1.62. The maximum Gasteiger partial charge on any atom is 0.142 e. The summed E-state index contributed by atoms with van der Waals surface area (Å²) in [5.74, 6) is 0.786. The highest BCUT2D eigenvalue weighted by Crippen LogP contribution is 2.32. The summed E-state index contributed by atoms with van der Waals surface area (Å²) in [6.45, 7) is 3.72. The summed E-state index contributed by atoms with van der Waals surface area (Å²) in [7, 11) is 1.63. The van der Waals surface area contributed by atoms with Crippen molar-refractivity contribution < 1.29 is 4.74 Å². The zero-order valence-corrected chi connectivity index (χ0v) is 9.27. The third kappa shape index (κ3) is 2.14. The number of methoxy groups -OCH3 is 1. The van der Waals surface area contributed by atoms with E-state index in [0.29, 0.717) is 5.69 Å². The molecule has 0 aromatic heterocycles. The van der Waals surface area contributed by atoms with Crippen LogP contribution in [0.5, 0.6) is 5.75 Å². The lowest BCUT2D eigenvalue weighted by Gasteiger charge is -2.30. The average Bonchev–Trinajstić information content (AvgIpc) is 2.39. The minimum absolute atomic E-state index is 0.439. The molecule has 1 aromatic carbocycles. The van der Waals surface area contributed by atoms with Crippen molar-refractivity contribution in [2.45, 2.75) is 0 Å². The van der Waals surface area contributed by atoms with Crippen molar-refractivity contribution in [1.29, 1.82) is 0 Å². The number of piperazine rings is 1. The fourth-order valence-electron chi connectivity index (χ4n) is 1.89. The lowest BCUT2D eigenvalue weighted by atomic mass is 10.2. The Morgan fingerprint density at radius 2 is 2.12 bits per heavy atom. The van der Waals surface area contributed by atoms with Crippen LogP contribution in [0.25, 0.3) is 0 Å². The largest absolute Gasteiger partial charge is 0.495 e. The highest BCUT2D eigenvalue weighted by molar-refractivity contribution is 5.65. The number of benzene rings is 1. The lowest BCUT2D eigenvalue weighted by molar-refractivity contribution is 0.413. The molecule has 0 radical (unpaired) electrons. The number of nitrogens with zero attached hydrogens (tertiary/aromatic N) is 2. The summed E-state index contributed by atoms with van der Waals surface area (Å²) in [6, 6.07) is 5.22. The van der Waals surface area contributed by atoms with Crippen molar-refractivity contribution in [3.63, 3.8) is 0 Å². The molecular weight excluding hydrogens is 206 g/mol. The summed E-state index contributed by atoms with van der Waals surface area (Å²) >= 11 is 0. The van der Waals surface area contributed by atoms with Crippen LogP contribution in [0.2, 0.25) is 0 Å². The van der Waals surface area contributed by atoms with Crippen molar-refractivity contribution >= 4 is 11.4 Å². The minimum Gasteiger partial charge on any atom is -0.495 e. The first kappa shape index (κ1) is 10.9. The zero-order chi connectivity index (χ0) is 11.4. The molecule has 16 heavy (non-hydrogen) atoms. The van der Waals surface area contributed by atoms with Gasteiger partial charge in [0.1, 0.15) is 11.4 Å². The molecule has 0 spiro atoms. The molecule has 0 atom stereocenters. The first-order chi connectivity index (χ1) is 7.85. The molecule has 1 saturated heterocycles. The van der Waals surface area contributed by atoms with Crippen LogP contribution in [0.1, 0.15) is 0 Å².